The van der Waals surface area contributed by atoms with Crippen molar-refractivity contribution in [2.24, 2.45) is 0 Å². The van der Waals surface area contributed by atoms with E-state index in [9.17, 15) is 0 Å². The average molecular weight is 260 g/mol. The number of fused-ring (bicyclic) bond motifs is 1. The first kappa shape index (κ1) is 6.62. The van der Waals surface area contributed by atoms with E-state index in [0.717, 1.165) is 0 Å². The minimum absolute atomic E-state index is 1.17. The highest BCUT2D eigenvalue weighted by Gasteiger charge is 2.18. The molecule has 0 bridgehead atoms. The summed E-state index contributed by atoms with van der Waals surface area (Å²) in [5.74, 6) is 0. The topological polar surface area (TPSA) is 0 Å². The first-order valence-corrected chi connectivity index (χ1v) is 4.54. The third-order valence-corrected chi connectivity index (χ3v) is 2.98. The van der Waals surface area contributed by atoms with Crippen LogP contribution in [-0.2, 0) is 0 Å². The van der Waals surface area contributed by atoms with Crippen molar-refractivity contribution in [3.63, 3.8) is 0 Å². The van der Waals surface area contributed by atoms with Gasteiger partial charge in [-0.3, -0.25) is 0 Å². The summed E-state index contributed by atoms with van der Waals surface area (Å²) < 4.78 is 2.35. The molecule has 50 valence electrons. The summed E-state index contributed by atoms with van der Waals surface area (Å²) in [6.07, 6.45) is 8.33. The summed E-state index contributed by atoms with van der Waals surface area (Å²) in [7, 11) is 0. The highest BCUT2D eigenvalue weighted by molar-refractivity contribution is 9.12. The molecule has 0 unspecified atom stereocenters. The Morgan fingerprint density at radius 2 is 1.10 bits per heavy atom. The van der Waals surface area contributed by atoms with E-state index in [1.54, 1.807) is 0 Å². The molecular weight excluding hydrogens is 256 g/mol. The van der Waals surface area contributed by atoms with Crippen LogP contribution in [0.1, 0.15) is 0 Å². The third kappa shape index (κ3) is 0.789. The molecule has 0 aliphatic heterocycles. The van der Waals surface area contributed by atoms with Crippen molar-refractivity contribution in [1.29, 1.82) is 0 Å². The summed E-state index contributed by atoms with van der Waals surface area (Å²) in [4.78, 5) is 0. The normalized spacial score (nSPS) is 21.4. The second kappa shape index (κ2) is 2.21. The fourth-order valence-electron chi connectivity index (χ4n) is 1.09. The largest absolute Gasteiger partial charge is 0.0521 e. The zero-order chi connectivity index (χ0) is 7.14. The number of rotatable bonds is 0. The lowest BCUT2D eigenvalue weighted by Crippen LogP contribution is -1.76. The highest BCUT2D eigenvalue weighted by Crippen LogP contribution is 2.40. The van der Waals surface area contributed by atoms with Crippen LogP contribution >= 0.6 is 31.9 Å². The number of hydrogen-bond acceptors (Lipinski definition) is 0. The second-order valence-corrected chi connectivity index (χ2v) is 3.90. The van der Waals surface area contributed by atoms with Gasteiger partial charge in [0, 0.05) is 8.96 Å². The quantitative estimate of drug-likeness (QED) is 0.625. The fourth-order valence-corrected chi connectivity index (χ4v) is 2.04. The van der Waals surface area contributed by atoms with E-state index in [-0.39, 0.29) is 0 Å². The monoisotopic (exact) mass is 258 g/mol. The highest BCUT2D eigenvalue weighted by atomic mass is 79.9. The molecule has 2 aliphatic rings. The van der Waals surface area contributed by atoms with E-state index >= 15 is 0 Å². The van der Waals surface area contributed by atoms with Crippen molar-refractivity contribution in [1.82, 2.24) is 0 Å². The minimum atomic E-state index is 1.17. The summed E-state index contributed by atoms with van der Waals surface area (Å²) in [6, 6.07) is 0. The zero-order valence-corrected chi connectivity index (χ0v) is 8.24. The summed E-state index contributed by atoms with van der Waals surface area (Å²) in [6.45, 7) is 0. The van der Waals surface area contributed by atoms with Gasteiger partial charge in [-0.1, -0.05) is 44.0 Å². The molecule has 0 N–H and O–H groups in total. The minimum Gasteiger partial charge on any atom is -0.0521 e. The molecule has 0 saturated carbocycles. The van der Waals surface area contributed by atoms with Crippen molar-refractivity contribution >= 4 is 31.9 Å². The fraction of sp³-hybridized carbons (Fsp3) is 0. The Balaban J connectivity index is 2.49. The van der Waals surface area contributed by atoms with Gasteiger partial charge in [-0.05, 0) is 23.3 Å². The molecule has 0 aromatic carbocycles. The predicted molar refractivity (Wildman–Crippen MR) is 50.2 cm³/mol. The van der Waals surface area contributed by atoms with Crippen LogP contribution in [0.4, 0.5) is 0 Å². The molecule has 0 aromatic rings. The van der Waals surface area contributed by atoms with Crippen LogP contribution in [0.3, 0.4) is 0 Å². The van der Waals surface area contributed by atoms with Gasteiger partial charge in [0.1, 0.15) is 0 Å². The molecule has 0 radical (unpaired) electrons. The first-order valence-electron chi connectivity index (χ1n) is 2.95. The van der Waals surface area contributed by atoms with Gasteiger partial charge in [0.15, 0.2) is 0 Å². The molecule has 0 fully saturated rings. The molecule has 0 aromatic heterocycles. The summed E-state index contributed by atoms with van der Waals surface area (Å²) in [5.41, 5.74) is 2.57. The van der Waals surface area contributed by atoms with E-state index in [1.165, 1.54) is 20.1 Å². The molecule has 0 amide bonds. The van der Waals surface area contributed by atoms with Crippen LogP contribution in [0.25, 0.3) is 0 Å². The van der Waals surface area contributed by atoms with E-state index in [1.807, 2.05) is 0 Å². The van der Waals surface area contributed by atoms with Crippen LogP contribution in [-0.4, -0.2) is 0 Å². The van der Waals surface area contributed by atoms with Crippen LogP contribution in [0.2, 0.25) is 0 Å². The third-order valence-electron chi connectivity index (χ3n) is 1.60. The Hall–Kier alpha value is -0.0800. The van der Waals surface area contributed by atoms with E-state index in [4.69, 9.17) is 0 Å². The molecule has 2 aliphatic carbocycles. The molecule has 2 heteroatoms. The van der Waals surface area contributed by atoms with Crippen molar-refractivity contribution in [2.45, 2.75) is 0 Å². The Bertz CT molecular complexity index is 271. The van der Waals surface area contributed by atoms with Gasteiger partial charge in [-0.2, -0.15) is 0 Å². The molecule has 0 heterocycles. The van der Waals surface area contributed by atoms with Crippen LogP contribution in [0.5, 0.6) is 0 Å². The van der Waals surface area contributed by atoms with Gasteiger partial charge in [-0.15, -0.1) is 0 Å². The number of halogens is 2. The number of hydrogen-bond donors (Lipinski definition) is 0. The van der Waals surface area contributed by atoms with Gasteiger partial charge < -0.3 is 0 Å². The zero-order valence-electron chi connectivity index (χ0n) is 5.07. The van der Waals surface area contributed by atoms with E-state index < -0.39 is 0 Å². The Labute approximate surface area is 76.3 Å². The second-order valence-electron chi connectivity index (χ2n) is 2.19. The SMILES string of the molecule is BrC1=CC=C2C(Br)=CC=C12. The smallest absolute Gasteiger partial charge is 0.0254 e. The Morgan fingerprint density at radius 1 is 0.700 bits per heavy atom. The average Bonchev–Trinajstić information content (AvgIpc) is 2.41. The Morgan fingerprint density at radius 3 is 1.50 bits per heavy atom. The van der Waals surface area contributed by atoms with E-state index in [2.05, 4.69) is 56.2 Å². The van der Waals surface area contributed by atoms with Crippen molar-refractivity contribution in [3.05, 3.63) is 44.4 Å². The molecule has 2 rings (SSSR count). The van der Waals surface area contributed by atoms with E-state index in [0.29, 0.717) is 0 Å². The maximum Gasteiger partial charge on any atom is 0.0254 e. The molecule has 10 heavy (non-hydrogen) atoms. The van der Waals surface area contributed by atoms with Gasteiger partial charge in [0.25, 0.3) is 0 Å². The lowest BCUT2D eigenvalue weighted by atomic mass is 10.2. The standard InChI is InChI=1S/C8H4Br2/c9-7-3-1-5-6(7)2-4-8(5)10/h1-4H. The lowest BCUT2D eigenvalue weighted by Gasteiger charge is -1.96. The van der Waals surface area contributed by atoms with Gasteiger partial charge in [0.05, 0.1) is 0 Å². The molecule has 0 saturated heterocycles. The van der Waals surface area contributed by atoms with Crippen LogP contribution in [0, 0.1) is 0 Å². The molecular formula is C8H4Br2. The number of allylic oxidation sites excluding steroid dienone is 8. The summed E-state index contributed by atoms with van der Waals surface area (Å²) >= 11 is 6.92. The maximum absolute atomic E-state index is 3.46. The van der Waals surface area contributed by atoms with Crippen molar-refractivity contribution < 1.29 is 0 Å². The molecule has 0 nitrogen and oxygen atoms in total. The van der Waals surface area contributed by atoms with Gasteiger partial charge >= 0.3 is 0 Å². The summed E-state index contributed by atoms with van der Waals surface area (Å²) in [5, 5.41) is 0. The van der Waals surface area contributed by atoms with Crippen LogP contribution < -0.4 is 0 Å². The van der Waals surface area contributed by atoms with Crippen molar-refractivity contribution in [2.75, 3.05) is 0 Å². The van der Waals surface area contributed by atoms with Crippen molar-refractivity contribution in [3.8, 4) is 0 Å². The Kier molecular flexibility index (Phi) is 1.46. The predicted octanol–water partition coefficient (Wildman–Crippen LogP) is 3.42. The van der Waals surface area contributed by atoms with Gasteiger partial charge in [0.2, 0.25) is 0 Å². The van der Waals surface area contributed by atoms with Gasteiger partial charge in [-0.25, -0.2) is 0 Å². The lowest BCUT2D eigenvalue weighted by molar-refractivity contribution is 1.66. The first-order chi connectivity index (χ1) is 4.79. The maximum atomic E-state index is 3.46. The molecule has 0 spiro atoms. The molecule has 0 atom stereocenters. The van der Waals surface area contributed by atoms with Crippen LogP contribution in [0.15, 0.2) is 44.4 Å².